The normalized spacial score (nSPS) is 14.1. The zero-order valence-corrected chi connectivity index (χ0v) is 11.9. The number of nitrogens with zero attached hydrogens (tertiary/aromatic N) is 4. The predicted octanol–water partition coefficient (Wildman–Crippen LogP) is 1.61. The number of fused-ring (bicyclic) bond motifs is 2. The molecular formula is C16H15N5O. The minimum absolute atomic E-state index is 0.672. The van der Waals surface area contributed by atoms with E-state index in [4.69, 9.17) is 5.73 Å². The second-order valence-corrected chi connectivity index (χ2v) is 5.48. The van der Waals surface area contributed by atoms with Crippen LogP contribution in [0.4, 0.5) is 11.4 Å². The summed E-state index contributed by atoms with van der Waals surface area (Å²) in [5.74, 6) is 0. The first-order chi connectivity index (χ1) is 10.8. The quantitative estimate of drug-likeness (QED) is 0.574. The highest BCUT2D eigenvalue weighted by Crippen LogP contribution is 2.30. The third-order valence-electron chi connectivity index (χ3n) is 4.16. The van der Waals surface area contributed by atoms with E-state index in [9.17, 15) is 4.79 Å². The molecular weight excluding hydrogens is 278 g/mol. The van der Waals surface area contributed by atoms with E-state index in [-0.39, 0.29) is 0 Å². The molecule has 2 aromatic carbocycles. The lowest BCUT2D eigenvalue weighted by atomic mass is 9.98. The topological polar surface area (TPSA) is 77.0 Å². The van der Waals surface area contributed by atoms with Gasteiger partial charge in [0.2, 0.25) is 6.41 Å². The maximum atomic E-state index is 11.0. The molecule has 0 saturated heterocycles. The number of rotatable bonds is 2. The highest BCUT2D eigenvalue weighted by Gasteiger charge is 2.20. The zero-order valence-electron chi connectivity index (χ0n) is 11.9. The Morgan fingerprint density at radius 3 is 2.95 bits per heavy atom. The van der Waals surface area contributed by atoms with E-state index >= 15 is 0 Å². The Morgan fingerprint density at radius 1 is 1.18 bits per heavy atom. The third-order valence-corrected chi connectivity index (χ3v) is 4.16. The van der Waals surface area contributed by atoms with E-state index in [1.54, 1.807) is 0 Å². The summed E-state index contributed by atoms with van der Waals surface area (Å²) in [6, 6.07) is 11.9. The fourth-order valence-electron chi connectivity index (χ4n) is 3.06. The second kappa shape index (κ2) is 4.84. The number of anilines is 2. The molecule has 0 fully saturated rings. The van der Waals surface area contributed by atoms with Gasteiger partial charge >= 0.3 is 0 Å². The molecule has 6 nitrogen and oxygen atoms in total. The van der Waals surface area contributed by atoms with Gasteiger partial charge in [0.1, 0.15) is 5.52 Å². The van der Waals surface area contributed by atoms with Gasteiger partial charge in [0.05, 0.1) is 11.2 Å². The van der Waals surface area contributed by atoms with E-state index in [2.05, 4.69) is 21.3 Å². The van der Waals surface area contributed by atoms with Gasteiger partial charge in [-0.15, -0.1) is 5.10 Å². The summed E-state index contributed by atoms with van der Waals surface area (Å²) in [5.41, 5.74) is 11.7. The molecule has 3 aromatic rings. The van der Waals surface area contributed by atoms with Gasteiger partial charge in [0.15, 0.2) is 0 Å². The second-order valence-electron chi connectivity index (χ2n) is 5.48. The van der Waals surface area contributed by atoms with Crippen LogP contribution < -0.4 is 10.6 Å². The molecule has 1 aliphatic rings. The van der Waals surface area contributed by atoms with Crippen molar-refractivity contribution in [1.82, 2.24) is 15.0 Å². The molecule has 0 unspecified atom stereocenters. The first-order valence-electron chi connectivity index (χ1n) is 7.18. The molecule has 2 heterocycles. The van der Waals surface area contributed by atoms with Gasteiger partial charge in [-0.1, -0.05) is 17.3 Å². The van der Waals surface area contributed by atoms with Gasteiger partial charge in [-0.25, -0.2) is 0 Å². The lowest BCUT2D eigenvalue weighted by molar-refractivity contribution is 0.540. The van der Waals surface area contributed by atoms with Gasteiger partial charge in [0, 0.05) is 18.8 Å². The van der Waals surface area contributed by atoms with Crippen LogP contribution in [0.5, 0.6) is 0 Å². The minimum atomic E-state index is 0.672. The summed E-state index contributed by atoms with van der Waals surface area (Å²) in [4.78, 5) is 13.3. The fraction of sp³-hybridized carbons (Fsp3) is 0.188. The van der Waals surface area contributed by atoms with Crippen LogP contribution in [0.25, 0.3) is 11.0 Å². The molecule has 110 valence electrons. The number of hydrogen-bond acceptors (Lipinski definition) is 5. The number of carbonyl (C=O) groups excluding carboxylic acids is 1. The van der Waals surface area contributed by atoms with Crippen molar-refractivity contribution in [2.24, 2.45) is 0 Å². The van der Waals surface area contributed by atoms with E-state index in [1.165, 1.54) is 15.8 Å². The third kappa shape index (κ3) is 1.92. The van der Waals surface area contributed by atoms with Crippen molar-refractivity contribution in [3.63, 3.8) is 0 Å². The van der Waals surface area contributed by atoms with Crippen molar-refractivity contribution in [3.8, 4) is 0 Å². The number of carbonyl (C=O) groups is 1. The van der Waals surface area contributed by atoms with E-state index in [0.29, 0.717) is 6.41 Å². The number of hydrogen-bond donors (Lipinski definition) is 1. The van der Waals surface area contributed by atoms with E-state index in [0.717, 1.165) is 41.9 Å². The molecule has 6 heteroatoms. The van der Waals surface area contributed by atoms with Crippen LogP contribution in [0.15, 0.2) is 36.4 Å². The van der Waals surface area contributed by atoms with Crippen LogP contribution in [0.1, 0.15) is 11.1 Å². The summed E-state index contributed by atoms with van der Waals surface area (Å²) in [5, 5.41) is 8.03. The van der Waals surface area contributed by atoms with E-state index in [1.807, 2.05) is 30.3 Å². The lowest BCUT2D eigenvalue weighted by Gasteiger charge is -2.31. The highest BCUT2D eigenvalue weighted by atomic mass is 16.1. The Hall–Kier alpha value is -2.89. The van der Waals surface area contributed by atoms with Crippen LogP contribution in [-0.2, 0) is 17.8 Å². The number of nitrogen functional groups attached to an aromatic ring is 1. The van der Waals surface area contributed by atoms with Crippen LogP contribution in [0, 0.1) is 0 Å². The van der Waals surface area contributed by atoms with Crippen molar-refractivity contribution in [2.75, 3.05) is 17.2 Å². The van der Waals surface area contributed by atoms with Gasteiger partial charge in [-0.2, -0.15) is 4.68 Å². The first kappa shape index (κ1) is 12.8. The van der Waals surface area contributed by atoms with Gasteiger partial charge in [-0.05, 0) is 41.8 Å². The molecule has 0 atom stereocenters. The molecule has 22 heavy (non-hydrogen) atoms. The molecule has 0 radical (unpaired) electrons. The van der Waals surface area contributed by atoms with Crippen molar-refractivity contribution in [1.29, 1.82) is 0 Å². The highest BCUT2D eigenvalue weighted by molar-refractivity contribution is 5.91. The van der Waals surface area contributed by atoms with Crippen LogP contribution >= 0.6 is 0 Å². The Bertz CT molecular complexity index is 870. The molecule has 0 bridgehead atoms. The summed E-state index contributed by atoms with van der Waals surface area (Å²) < 4.78 is 1.26. The standard InChI is InChI=1S/C16H15N5O/c17-13-5-4-11-6-7-20(9-12(11)8-13)14-2-1-3-15-16(14)18-19-21(15)10-22/h1-5,8,10H,6-7,9,17H2. The van der Waals surface area contributed by atoms with Crippen LogP contribution in [0.2, 0.25) is 0 Å². The molecule has 1 aliphatic heterocycles. The number of nitrogens with two attached hydrogens (primary N) is 1. The Kier molecular flexibility index (Phi) is 2.82. The summed E-state index contributed by atoms with van der Waals surface area (Å²) in [7, 11) is 0. The molecule has 2 N–H and O–H groups in total. The van der Waals surface area contributed by atoms with Crippen molar-refractivity contribution < 1.29 is 4.79 Å². The molecule has 0 aliphatic carbocycles. The predicted molar refractivity (Wildman–Crippen MR) is 85.3 cm³/mol. The zero-order chi connectivity index (χ0) is 15.1. The van der Waals surface area contributed by atoms with Crippen LogP contribution in [-0.4, -0.2) is 27.9 Å². The molecule has 0 amide bonds. The number of benzene rings is 2. The van der Waals surface area contributed by atoms with E-state index < -0.39 is 0 Å². The SMILES string of the molecule is Nc1ccc2c(c1)CN(c1cccc3c1nnn3C=O)CC2. The smallest absolute Gasteiger partial charge is 0.236 e. The number of aromatic nitrogens is 3. The lowest BCUT2D eigenvalue weighted by Crippen LogP contribution is -2.30. The van der Waals surface area contributed by atoms with Gasteiger partial charge < -0.3 is 10.6 Å². The van der Waals surface area contributed by atoms with Crippen molar-refractivity contribution in [2.45, 2.75) is 13.0 Å². The average Bonchev–Trinajstić information content (AvgIpc) is 2.97. The van der Waals surface area contributed by atoms with Gasteiger partial charge in [0.25, 0.3) is 0 Å². The Labute approximate surface area is 127 Å². The molecule has 4 rings (SSSR count). The maximum absolute atomic E-state index is 11.0. The Balaban J connectivity index is 1.77. The van der Waals surface area contributed by atoms with Crippen LogP contribution in [0.3, 0.4) is 0 Å². The molecule has 0 saturated carbocycles. The summed E-state index contributed by atoms with van der Waals surface area (Å²) in [6.07, 6.45) is 1.64. The summed E-state index contributed by atoms with van der Waals surface area (Å²) in [6.45, 7) is 1.69. The van der Waals surface area contributed by atoms with Crippen molar-refractivity contribution >= 4 is 28.8 Å². The first-order valence-corrected chi connectivity index (χ1v) is 7.18. The fourth-order valence-corrected chi connectivity index (χ4v) is 3.06. The maximum Gasteiger partial charge on any atom is 0.236 e. The minimum Gasteiger partial charge on any atom is -0.399 e. The molecule has 0 spiro atoms. The molecule has 1 aromatic heterocycles. The summed E-state index contributed by atoms with van der Waals surface area (Å²) >= 11 is 0. The van der Waals surface area contributed by atoms with Gasteiger partial charge in [-0.3, -0.25) is 4.79 Å². The monoisotopic (exact) mass is 293 g/mol. The largest absolute Gasteiger partial charge is 0.399 e. The van der Waals surface area contributed by atoms with Crippen molar-refractivity contribution in [3.05, 3.63) is 47.5 Å². The average molecular weight is 293 g/mol. The Morgan fingerprint density at radius 2 is 2.09 bits per heavy atom.